The van der Waals surface area contributed by atoms with Crippen molar-refractivity contribution in [1.82, 2.24) is 4.98 Å². The summed E-state index contributed by atoms with van der Waals surface area (Å²) in [6.07, 6.45) is 2.49. The molecule has 15 heavy (non-hydrogen) atoms. The molecule has 1 amide bonds. The molecule has 0 aliphatic rings. The van der Waals surface area contributed by atoms with E-state index in [4.69, 9.17) is 5.73 Å². The Morgan fingerprint density at radius 2 is 2.27 bits per heavy atom. The van der Waals surface area contributed by atoms with Crippen molar-refractivity contribution in [2.75, 3.05) is 18.5 Å². The van der Waals surface area contributed by atoms with E-state index in [1.165, 1.54) is 0 Å². The van der Waals surface area contributed by atoms with Gasteiger partial charge in [0, 0.05) is 18.7 Å². The fraction of sp³-hybridized carbons (Fsp3) is 0.545. The number of hydrogen-bond acceptors (Lipinski definition) is 2. The van der Waals surface area contributed by atoms with E-state index in [-0.39, 0.29) is 5.91 Å². The number of amides is 1. The third-order valence-corrected chi connectivity index (χ3v) is 2.60. The lowest BCUT2D eigenvalue weighted by Gasteiger charge is -2.28. The van der Waals surface area contributed by atoms with Crippen LogP contribution in [-0.2, 0) is 4.79 Å². The largest absolute Gasteiger partial charge is 0.348 e. The average molecular weight is 209 g/mol. The number of carbonyl (C=O) groups excluding carboxylic acids is 1. The van der Waals surface area contributed by atoms with E-state index in [0.717, 1.165) is 5.82 Å². The Bertz CT molecular complexity index is 317. The number of nitrogens with zero attached hydrogens (tertiary/aromatic N) is 1. The molecule has 0 saturated carbocycles. The number of aromatic amines is 1. The fourth-order valence-corrected chi connectivity index (χ4v) is 1.56. The van der Waals surface area contributed by atoms with E-state index in [0.29, 0.717) is 13.0 Å². The van der Waals surface area contributed by atoms with Gasteiger partial charge in [0.05, 0.1) is 0 Å². The Morgan fingerprint density at radius 1 is 1.60 bits per heavy atom. The highest BCUT2D eigenvalue weighted by Gasteiger charge is 2.30. The Hall–Kier alpha value is -1.29. The van der Waals surface area contributed by atoms with Crippen LogP contribution in [0, 0.1) is 5.41 Å². The maximum absolute atomic E-state index is 12.1. The summed E-state index contributed by atoms with van der Waals surface area (Å²) in [4.78, 5) is 16.7. The van der Waals surface area contributed by atoms with Gasteiger partial charge in [-0.1, -0.05) is 13.8 Å². The van der Waals surface area contributed by atoms with Crippen LogP contribution in [0.1, 0.15) is 20.3 Å². The van der Waals surface area contributed by atoms with Gasteiger partial charge in [0.1, 0.15) is 5.82 Å². The minimum atomic E-state index is -0.408. The molecule has 0 aromatic carbocycles. The molecule has 1 aromatic heterocycles. The minimum absolute atomic E-state index is 0.0791. The molecule has 0 fully saturated rings. The molecule has 84 valence electrons. The molecule has 3 N–H and O–H groups in total. The van der Waals surface area contributed by atoms with Gasteiger partial charge in [-0.15, -0.1) is 0 Å². The highest BCUT2D eigenvalue weighted by atomic mass is 16.2. The molecular weight excluding hydrogens is 190 g/mol. The molecular formula is C11H19N3O. The third-order valence-electron chi connectivity index (χ3n) is 2.60. The zero-order valence-electron chi connectivity index (χ0n) is 9.58. The third kappa shape index (κ3) is 2.59. The van der Waals surface area contributed by atoms with Gasteiger partial charge in [-0.25, -0.2) is 0 Å². The smallest absolute Gasteiger partial charge is 0.233 e. The molecule has 0 spiro atoms. The zero-order valence-corrected chi connectivity index (χ0v) is 9.58. The lowest BCUT2D eigenvalue weighted by molar-refractivity contribution is -0.126. The number of aromatic nitrogens is 1. The monoisotopic (exact) mass is 209 g/mol. The second-order valence-electron chi connectivity index (χ2n) is 4.34. The molecule has 0 radical (unpaired) electrons. The number of carbonyl (C=O) groups is 1. The number of H-pyrrole nitrogens is 1. The molecule has 0 saturated heterocycles. The van der Waals surface area contributed by atoms with Gasteiger partial charge in [-0.2, -0.15) is 0 Å². The number of anilines is 1. The summed E-state index contributed by atoms with van der Waals surface area (Å²) in [5.41, 5.74) is 5.08. The predicted octanol–water partition coefficient (Wildman–Crippen LogP) is 1.35. The number of nitrogens with two attached hydrogens (primary N) is 1. The first-order chi connectivity index (χ1) is 6.99. The maximum Gasteiger partial charge on any atom is 0.233 e. The summed E-state index contributed by atoms with van der Waals surface area (Å²) in [7, 11) is 1.77. The van der Waals surface area contributed by atoms with Crippen LogP contribution in [-0.4, -0.2) is 24.5 Å². The summed E-state index contributed by atoms with van der Waals surface area (Å²) in [6.45, 7) is 4.36. The summed E-state index contributed by atoms with van der Waals surface area (Å²) in [6, 6.07) is 3.74. The van der Waals surface area contributed by atoms with Crippen molar-refractivity contribution >= 4 is 11.7 Å². The molecule has 1 rings (SSSR count). The molecule has 0 aliphatic heterocycles. The van der Waals surface area contributed by atoms with Crippen LogP contribution in [0.3, 0.4) is 0 Å². The molecule has 0 unspecified atom stereocenters. The average Bonchev–Trinajstić information content (AvgIpc) is 2.68. The van der Waals surface area contributed by atoms with Crippen LogP contribution in [0.15, 0.2) is 18.3 Å². The first kappa shape index (κ1) is 11.8. The summed E-state index contributed by atoms with van der Waals surface area (Å²) in [5, 5.41) is 0. The Morgan fingerprint density at radius 3 is 2.73 bits per heavy atom. The van der Waals surface area contributed by atoms with Crippen LogP contribution in [0.25, 0.3) is 0 Å². The van der Waals surface area contributed by atoms with Gasteiger partial charge in [0.25, 0.3) is 0 Å². The fourth-order valence-electron chi connectivity index (χ4n) is 1.56. The van der Waals surface area contributed by atoms with E-state index in [1.54, 1.807) is 18.1 Å². The highest BCUT2D eigenvalue weighted by molar-refractivity contribution is 5.95. The van der Waals surface area contributed by atoms with Gasteiger partial charge < -0.3 is 15.6 Å². The first-order valence-electron chi connectivity index (χ1n) is 5.10. The van der Waals surface area contributed by atoms with Gasteiger partial charge in [-0.05, 0) is 25.1 Å². The molecule has 4 heteroatoms. The Labute approximate surface area is 90.5 Å². The van der Waals surface area contributed by atoms with Gasteiger partial charge in [-0.3, -0.25) is 4.79 Å². The molecule has 1 heterocycles. The number of rotatable bonds is 4. The lowest BCUT2D eigenvalue weighted by atomic mass is 9.88. The molecule has 0 aliphatic carbocycles. The normalized spacial score (nSPS) is 11.5. The topological polar surface area (TPSA) is 62.1 Å². The van der Waals surface area contributed by atoms with E-state index >= 15 is 0 Å². The lowest BCUT2D eigenvalue weighted by Crippen LogP contribution is -2.39. The van der Waals surface area contributed by atoms with Crippen molar-refractivity contribution < 1.29 is 4.79 Å². The SMILES string of the molecule is CN(C(=O)C(C)(C)CCN)c1ccc[nH]1. The van der Waals surface area contributed by atoms with E-state index in [2.05, 4.69) is 4.98 Å². The number of hydrogen-bond donors (Lipinski definition) is 2. The predicted molar refractivity (Wildman–Crippen MR) is 61.7 cm³/mol. The Kier molecular flexibility index (Phi) is 3.52. The summed E-state index contributed by atoms with van der Waals surface area (Å²) < 4.78 is 0. The van der Waals surface area contributed by atoms with Crippen LogP contribution >= 0.6 is 0 Å². The zero-order chi connectivity index (χ0) is 11.5. The summed E-state index contributed by atoms with van der Waals surface area (Å²) in [5.74, 6) is 0.889. The van der Waals surface area contributed by atoms with Crippen LogP contribution in [0.4, 0.5) is 5.82 Å². The van der Waals surface area contributed by atoms with Crippen LogP contribution in [0.5, 0.6) is 0 Å². The Balaban J connectivity index is 2.76. The van der Waals surface area contributed by atoms with E-state index < -0.39 is 5.41 Å². The molecule has 4 nitrogen and oxygen atoms in total. The first-order valence-corrected chi connectivity index (χ1v) is 5.10. The molecule has 0 atom stereocenters. The number of nitrogens with one attached hydrogen (secondary N) is 1. The van der Waals surface area contributed by atoms with Crippen LogP contribution in [0.2, 0.25) is 0 Å². The van der Waals surface area contributed by atoms with Crippen molar-refractivity contribution in [3.8, 4) is 0 Å². The van der Waals surface area contributed by atoms with Gasteiger partial charge in [0.15, 0.2) is 0 Å². The quantitative estimate of drug-likeness (QED) is 0.786. The van der Waals surface area contributed by atoms with Gasteiger partial charge in [0.2, 0.25) is 5.91 Å². The van der Waals surface area contributed by atoms with E-state index in [1.807, 2.05) is 26.0 Å². The minimum Gasteiger partial charge on any atom is -0.348 e. The standard InChI is InChI=1S/C11H19N3O/c1-11(2,6-7-12)10(15)14(3)9-5-4-8-13-9/h4-5,8,13H,6-7,12H2,1-3H3. The van der Waals surface area contributed by atoms with Crippen molar-refractivity contribution in [2.24, 2.45) is 11.1 Å². The maximum atomic E-state index is 12.1. The second kappa shape index (κ2) is 4.49. The van der Waals surface area contributed by atoms with Crippen molar-refractivity contribution in [1.29, 1.82) is 0 Å². The second-order valence-corrected chi connectivity index (χ2v) is 4.34. The highest BCUT2D eigenvalue weighted by Crippen LogP contribution is 2.24. The van der Waals surface area contributed by atoms with Crippen molar-refractivity contribution in [2.45, 2.75) is 20.3 Å². The molecule has 1 aromatic rings. The summed E-state index contributed by atoms with van der Waals surface area (Å²) >= 11 is 0. The van der Waals surface area contributed by atoms with Crippen molar-refractivity contribution in [3.63, 3.8) is 0 Å². The van der Waals surface area contributed by atoms with Crippen molar-refractivity contribution in [3.05, 3.63) is 18.3 Å². The molecule has 0 bridgehead atoms. The van der Waals surface area contributed by atoms with E-state index in [9.17, 15) is 4.79 Å². The van der Waals surface area contributed by atoms with Gasteiger partial charge >= 0.3 is 0 Å². The van der Waals surface area contributed by atoms with Crippen LogP contribution < -0.4 is 10.6 Å².